The highest BCUT2D eigenvalue weighted by atomic mass is 35.5. The number of hydrogen-bond acceptors (Lipinski definition) is 1. The molecule has 2 N–H and O–H groups in total. The summed E-state index contributed by atoms with van der Waals surface area (Å²) in [5.74, 6) is 2.71. The Bertz CT molecular complexity index is 108. The van der Waals surface area contributed by atoms with Crippen LogP contribution >= 0.6 is 12.4 Å². The summed E-state index contributed by atoms with van der Waals surface area (Å²) in [5.41, 5.74) is 5.96. The number of halogens is 1. The van der Waals surface area contributed by atoms with Crippen LogP contribution in [-0.4, -0.2) is 6.04 Å². The second-order valence-electron chi connectivity index (χ2n) is 3.77. The van der Waals surface area contributed by atoms with Crippen LogP contribution < -0.4 is 5.73 Å². The van der Waals surface area contributed by atoms with Crippen LogP contribution in [0.4, 0.5) is 0 Å². The summed E-state index contributed by atoms with van der Waals surface area (Å²) in [7, 11) is 0. The van der Waals surface area contributed by atoms with E-state index in [1.807, 2.05) is 0 Å². The lowest BCUT2D eigenvalue weighted by Gasteiger charge is -2.23. The molecule has 2 aliphatic rings. The van der Waals surface area contributed by atoms with Crippen molar-refractivity contribution >= 4 is 12.4 Å². The van der Waals surface area contributed by atoms with Gasteiger partial charge in [0.25, 0.3) is 0 Å². The number of fused-ring (bicyclic) bond motifs is 2. The first kappa shape index (κ1) is 8.35. The first-order valence-corrected chi connectivity index (χ1v) is 4.04. The van der Waals surface area contributed by atoms with Gasteiger partial charge >= 0.3 is 0 Å². The molecule has 4 atom stereocenters. The Hall–Kier alpha value is 0.250. The number of rotatable bonds is 0. The van der Waals surface area contributed by atoms with Gasteiger partial charge in [-0.2, -0.15) is 0 Å². The fourth-order valence-electron chi connectivity index (χ4n) is 2.62. The summed E-state index contributed by atoms with van der Waals surface area (Å²) in [6.07, 6.45) is 4.30. The lowest BCUT2D eigenvalue weighted by molar-refractivity contribution is 0.312. The highest BCUT2D eigenvalue weighted by Crippen LogP contribution is 2.47. The molecule has 2 fully saturated rings. The molecule has 2 heteroatoms. The van der Waals surface area contributed by atoms with E-state index in [4.69, 9.17) is 5.73 Å². The van der Waals surface area contributed by atoms with Crippen LogP contribution in [0.15, 0.2) is 0 Å². The van der Waals surface area contributed by atoms with Crippen molar-refractivity contribution in [3.05, 3.63) is 0 Å². The van der Waals surface area contributed by atoms with Crippen LogP contribution in [0.5, 0.6) is 0 Å². The van der Waals surface area contributed by atoms with Crippen LogP contribution in [0.1, 0.15) is 26.2 Å². The third kappa shape index (κ3) is 0.960. The van der Waals surface area contributed by atoms with Crippen LogP contribution in [0, 0.1) is 17.8 Å². The van der Waals surface area contributed by atoms with E-state index in [-0.39, 0.29) is 12.4 Å². The molecule has 0 radical (unpaired) electrons. The van der Waals surface area contributed by atoms with Gasteiger partial charge in [-0.05, 0) is 37.0 Å². The van der Waals surface area contributed by atoms with Gasteiger partial charge in [0.05, 0.1) is 0 Å². The van der Waals surface area contributed by atoms with Crippen LogP contribution in [0.3, 0.4) is 0 Å². The van der Waals surface area contributed by atoms with E-state index in [1.165, 1.54) is 19.3 Å². The van der Waals surface area contributed by atoms with Crippen LogP contribution in [0.25, 0.3) is 0 Å². The molecule has 2 aliphatic carbocycles. The molecule has 4 unspecified atom stereocenters. The zero-order valence-corrected chi connectivity index (χ0v) is 7.23. The fourth-order valence-corrected chi connectivity index (χ4v) is 2.62. The minimum atomic E-state index is 0. The summed E-state index contributed by atoms with van der Waals surface area (Å²) in [5, 5.41) is 0. The Balaban J connectivity index is 0.000000500. The van der Waals surface area contributed by atoms with Crippen molar-refractivity contribution in [3.63, 3.8) is 0 Å². The lowest BCUT2D eigenvalue weighted by atomic mass is 9.87. The molecule has 0 amide bonds. The van der Waals surface area contributed by atoms with Crippen molar-refractivity contribution in [2.75, 3.05) is 0 Å². The molecule has 0 saturated heterocycles. The van der Waals surface area contributed by atoms with Gasteiger partial charge in [-0.25, -0.2) is 0 Å². The van der Waals surface area contributed by atoms with Gasteiger partial charge in [-0.1, -0.05) is 6.92 Å². The third-order valence-electron chi connectivity index (χ3n) is 3.41. The minimum Gasteiger partial charge on any atom is -0.327 e. The molecular formula is C8H16ClN. The predicted molar refractivity (Wildman–Crippen MR) is 45.2 cm³/mol. The Kier molecular flexibility index (Phi) is 2.26. The smallest absolute Gasteiger partial charge is 0.00957 e. The molecule has 0 aromatic rings. The van der Waals surface area contributed by atoms with Gasteiger partial charge in [0.1, 0.15) is 0 Å². The van der Waals surface area contributed by atoms with E-state index in [1.54, 1.807) is 0 Å². The molecule has 0 aliphatic heterocycles. The van der Waals surface area contributed by atoms with Gasteiger partial charge in [-0.3, -0.25) is 0 Å². The SMILES string of the molecule is CC1C2CCC(C2)C1N.Cl. The highest BCUT2D eigenvalue weighted by molar-refractivity contribution is 5.85. The van der Waals surface area contributed by atoms with E-state index in [2.05, 4.69) is 6.92 Å². The van der Waals surface area contributed by atoms with Crippen molar-refractivity contribution in [1.29, 1.82) is 0 Å². The maximum Gasteiger partial charge on any atom is 0.00957 e. The molecule has 1 nitrogen and oxygen atoms in total. The first-order chi connectivity index (χ1) is 4.29. The van der Waals surface area contributed by atoms with E-state index in [0.29, 0.717) is 6.04 Å². The van der Waals surface area contributed by atoms with Crippen molar-refractivity contribution in [3.8, 4) is 0 Å². The Morgan fingerprint density at radius 2 is 1.80 bits per heavy atom. The van der Waals surface area contributed by atoms with Gasteiger partial charge in [0.2, 0.25) is 0 Å². The molecule has 60 valence electrons. The summed E-state index contributed by atoms with van der Waals surface area (Å²) >= 11 is 0. The molecule has 0 heterocycles. The molecule has 2 bridgehead atoms. The zero-order valence-electron chi connectivity index (χ0n) is 6.42. The molecule has 0 spiro atoms. The van der Waals surface area contributed by atoms with E-state index >= 15 is 0 Å². The minimum absolute atomic E-state index is 0. The summed E-state index contributed by atoms with van der Waals surface area (Å²) < 4.78 is 0. The monoisotopic (exact) mass is 161 g/mol. The summed E-state index contributed by atoms with van der Waals surface area (Å²) in [6.45, 7) is 2.31. The number of nitrogens with two attached hydrogens (primary N) is 1. The molecule has 10 heavy (non-hydrogen) atoms. The molecular weight excluding hydrogens is 146 g/mol. The van der Waals surface area contributed by atoms with Gasteiger partial charge < -0.3 is 5.73 Å². The Morgan fingerprint density at radius 1 is 1.20 bits per heavy atom. The van der Waals surface area contributed by atoms with E-state index < -0.39 is 0 Å². The fraction of sp³-hybridized carbons (Fsp3) is 1.00. The normalized spacial score (nSPS) is 51.0. The number of hydrogen-bond donors (Lipinski definition) is 1. The van der Waals surface area contributed by atoms with E-state index in [0.717, 1.165) is 17.8 Å². The average Bonchev–Trinajstić information content (AvgIpc) is 2.37. The second kappa shape index (κ2) is 2.71. The quantitative estimate of drug-likeness (QED) is 0.576. The van der Waals surface area contributed by atoms with Gasteiger partial charge in [-0.15, -0.1) is 12.4 Å². The molecule has 2 saturated carbocycles. The zero-order chi connectivity index (χ0) is 6.43. The first-order valence-electron chi connectivity index (χ1n) is 4.04. The maximum absolute atomic E-state index is 5.96. The third-order valence-corrected chi connectivity index (χ3v) is 3.41. The Morgan fingerprint density at radius 3 is 2.10 bits per heavy atom. The lowest BCUT2D eigenvalue weighted by Crippen LogP contribution is -2.33. The second-order valence-corrected chi connectivity index (χ2v) is 3.77. The van der Waals surface area contributed by atoms with Crippen LogP contribution in [0.2, 0.25) is 0 Å². The predicted octanol–water partition coefficient (Wildman–Crippen LogP) is 1.80. The molecule has 2 rings (SSSR count). The van der Waals surface area contributed by atoms with E-state index in [9.17, 15) is 0 Å². The molecule has 0 aromatic heterocycles. The largest absolute Gasteiger partial charge is 0.327 e. The van der Waals surface area contributed by atoms with Gasteiger partial charge in [0, 0.05) is 6.04 Å². The maximum atomic E-state index is 5.96. The summed E-state index contributed by atoms with van der Waals surface area (Å²) in [6, 6.07) is 0.545. The summed E-state index contributed by atoms with van der Waals surface area (Å²) in [4.78, 5) is 0. The van der Waals surface area contributed by atoms with Crippen molar-refractivity contribution in [1.82, 2.24) is 0 Å². The highest BCUT2D eigenvalue weighted by Gasteiger charge is 2.42. The topological polar surface area (TPSA) is 26.0 Å². The van der Waals surface area contributed by atoms with Crippen molar-refractivity contribution in [2.24, 2.45) is 23.5 Å². The van der Waals surface area contributed by atoms with Crippen LogP contribution in [-0.2, 0) is 0 Å². The van der Waals surface area contributed by atoms with Crippen molar-refractivity contribution in [2.45, 2.75) is 32.2 Å². The van der Waals surface area contributed by atoms with Gasteiger partial charge in [0.15, 0.2) is 0 Å². The molecule has 0 aromatic carbocycles. The standard InChI is InChI=1S/C8H15N.ClH/c1-5-6-2-3-7(4-6)8(5)9;/h5-8H,2-4,9H2,1H3;1H. The average molecular weight is 162 g/mol. The van der Waals surface area contributed by atoms with Crippen molar-refractivity contribution < 1.29 is 0 Å². The Labute approximate surface area is 68.8 Å².